The van der Waals surface area contributed by atoms with E-state index in [2.05, 4.69) is 29.2 Å². The summed E-state index contributed by atoms with van der Waals surface area (Å²) >= 11 is 0. The fourth-order valence-corrected chi connectivity index (χ4v) is 3.91. The molecule has 1 unspecified atom stereocenters. The molecule has 0 radical (unpaired) electrons. The Morgan fingerprint density at radius 3 is 2.65 bits per heavy atom. The van der Waals surface area contributed by atoms with Crippen LogP contribution in [0.5, 0.6) is 0 Å². The van der Waals surface area contributed by atoms with Gasteiger partial charge >= 0.3 is 0 Å². The van der Waals surface area contributed by atoms with Crippen LogP contribution in [-0.4, -0.2) is 32.3 Å². The highest BCUT2D eigenvalue weighted by Crippen LogP contribution is 2.41. The average molecular weight is 274 g/mol. The largest absolute Gasteiger partial charge is 0.381 e. The van der Waals surface area contributed by atoms with Crippen molar-refractivity contribution in [1.29, 1.82) is 0 Å². The molecule has 0 spiro atoms. The molecule has 0 bridgehead atoms. The van der Waals surface area contributed by atoms with Crippen molar-refractivity contribution in [3.05, 3.63) is 29.8 Å². The molecule has 3 nitrogen and oxygen atoms in total. The number of benzene rings is 1. The Hall–Kier alpha value is -1.06. The fraction of sp³-hybridized carbons (Fsp3) is 0.647. The van der Waals surface area contributed by atoms with Gasteiger partial charge in [0.2, 0.25) is 0 Å². The molecule has 1 aliphatic heterocycles. The Bertz CT molecular complexity index is 440. The van der Waals surface area contributed by atoms with E-state index in [0.717, 1.165) is 19.5 Å². The highest BCUT2D eigenvalue weighted by atomic mass is 16.5. The topological polar surface area (TPSA) is 38.5 Å². The Kier molecular flexibility index (Phi) is 4.27. The standard InChI is InChI=1S/C17H26N2O/c1-20-15-8-6-14(7-9-15)19-12-13(10-11-18)16-4-2-3-5-17(16)19/h2-5,13-15H,6-12,18H2,1H3. The van der Waals surface area contributed by atoms with E-state index in [1.165, 1.54) is 36.9 Å². The molecule has 1 aromatic carbocycles. The van der Waals surface area contributed by atoms with E-state index < -0.39 is 0 Å². The summed E-state index contributed by atoms with van der Waals surface area (Å²) in [6, 6.07) is 9.58. The summed E-state index contributed by atoms with van der Waals surface area (Å²) in [6.07, 6.45) is 6.47. The molecule has 1 saturated carbocycles. The predicted octanol–water partition coefficient (Wildman–Crippen LogP) is 2.90. The maximum atomic E-state index is 5.79. The number of fused-ring (bicyclic) bond motifs is 1. The lowest BCUT2D eigenvalue weighted by atomic mass is 9.91. The summed E-state index contributed by atoms with van der Waals surface area (Å²) in [7, 11) is 1.84. The van der Waals surface area contributed by atoms with E-state index in [1.54, 1.807) is 0 Å². The van der Waals surface area contributed by atoms with E-state index in [9.17, 15) is 0 Å². The third kappa shape index (κ3) is 2.57. The molecule has 1 aliphatic carbocycles. The predicted molar refractivity (Wildman–Crippen MR) is 83.3 cm³/mol. The van der Waals surface area contributed by atoms with E-state index in [-0.39, 0.29) is 0 Å². The van der Waals surface area contributed by atoms with Gasteiger partial charge in [-0.2, -0.15) is 0 Å². The van der Waals surface area contributed by atoms with Crippen molar-refractivity contribution in [3.8, 4) is 0 Å². The molecule has 3 rings (SSSR count). The maximum Gasteiger partial charge on any atom is 0.0572 e. The fourth-order valence-electron chi connectivity index (χ4n) is 3.91. The molecule has 20 heavy (non-hydrogen) atoms. The summed E-state index contributed by atoms with van der Waals surface area (Å²) in [6.45, 7) is 1.93. The molecule has 2 N–H and O–H groups in total. The number of hydrogen-bond acceptors (Lipinski definition) is 3. The number of para-hydroxylation sites is 1. The van der Waals surface area contributed by atoms with Crippen molar-refractivity contribution < 1.29 is 4.74 Å². The second-order valence-electron chi connectivity index (χ2n) is 6.15. The van der Waals surface area contributed by atoms with Crippen LogP contribution >= 0.6 is 0 Å². The first-order chi connectivity index (χ1) is 9.83. The zero-order valence-electron chi connectivity index (χ0n) is 12.4. The van der Waals surface area contributed by atoms with Crippen LogP contribution in [0.25, 0.3) is 0 Å². The van der Waals surface area contributed by atoms with E-state index >= 15 is 0 Å². The van der Waals surface area contributed by atoms with Crippen LogP contribution in [0.1, 0.15) is 43.6 Å². The second kappa shape index (κ2) is 6.15. The summed E-state index contributed by atoms with van der Waals surface area (Å²) in [5.41, 5.74) is 8.75. The molecule has 0 saturated heterocycles. The number of ether oxygens (including phenoxy) is 1. The second-order valence-corrected chi connectivity index (χ2v) is 6.15. The van der Waals surface area contributed by atoms with Crippen LogP contribution in [0.4, 0.5) is 5.69 Å². The first-order valence-corrected chi connectivity index (χ1v) is 7.92. The van der Waals surface area contributed by atoms with Crippen molar-refractivity contribution in [2.24, 2.45) is 5.73 Å². The molecule has 0 amide bonds. The third-order valence-electron chi connectivity index (χ3n) is 5.04. The Labute approximate surface area is 122 Å². The van der Waals surface area contributed by atoms with Crippen LogP contribution in [-0.2, 0) is 4.74 Å². The minimum absolute atomic E-state index is 0.476. The number of nitrogens with zero attached hydrogens (tertiary/aromatic N) is 1. The van der Waals surface area contributed by atoms with Gasteiger partial charge in [-0.25, -0.2) is 0 Å². The van der Waals surface area contributed by atoms with Crippen LogP contribution < -0.4 is 10.6 Å². The smallest absolute Gasteiger partial charge is 0.0572 e. The summed E-state index contributed by atoms with van der Waals surface area (Å²) < 4.78 is 5.50. The summed E-state index contributed by atoms with van der Waals surface area (Å²) in [4.78, 5) is 2.64. The van der Waals surface area contributed by atoms with Crippen molar-refractivity contribution in [1.82, 2.24) is 0 Å². The molecular formula is C17H26N2O. The highest BCUT2D eigenvalue weighted by molar-refractivity contribution is 5.61. The molecule has 1 aromatic rings. The monoisotopic (exact) mass is 274 g/mol. The minimum Gasteiger partial charge on any atom is -0.381 e. The van der Waals surface area contributed by atoms with Gasteiger partial charge in [-0.1, -0.05) is 18.2 Å². The van der Waals surface area contributed by atoms with Crippen LogP contribution in [0, 0.1) is 0 Å². The van der Waals surface area contributed by atoms with Gasteiger partial charge in [0, 0.05) is 31.3 Å². The molecule has 3 heteroatoms. The molecule has 110 valence electrons. The lowest BCUT2D eigenvalue weighted by molar-refractivity contribution is 0.0656. The number of hydrogen-bond donors (Lipinski definition) is 1. The van der Waals surface area contributed by atoms with Gasteiger partial charge in [-0.3, -0.25) is 0 Å². The normalized spacial score (nSPS) is 29.5. The quantitative estimate of drug-likeness (QED) is 0.917. The summed E-state index contributed by atoms with van der Waals surface area (Å²) in [5, 5.41) is 0. The molecule has 1 fully saturated rings. The van der Waals surface area contributed by atoms with Gasteiger partial charge in [0.1, 0.15) is 0 Å². The average Bonchev–Trinajstić information content (AvgIpc) is 2.87. The minimum atomic E-state index is 0.476. The van der Waals surface area contributed by atoms with Crippen LogP contribution in [0.2, 0.25) is 0 Å². The third-order valence-corrected chi connectivity index (χ3v) is 5.04. The Balaban J connectivity index is 1.75. The Morgan fingerprint density at radius 1 is 1.20 bits per heavy atom. The number of nitrogens with two attached hydrogens (primary N) is 1. The van der Waals surface area contributed by atoms with E-state index in [1.807, 2.05) is 7.11 Å². The number of rotatable bonds is 4. The van der Waals surface area contributed by atoms with Crippen molar-refractivity contribution >= 4 is 5.69 Å². The van der Waals surface area contributed by atoms with Gasteiger partial charge in [-0.05, 0) is 50.3 Å². The van der Waals surface area contributed by atoms with Gasteiger partial charge in [0.05, 0.1) is 6.10 Å². The van der Waals surface area contributed by atoms with Crippen molar-refractivity contribution in [2.45, 2.75) is 50.2 Å². The van der Waals surface area contributed by atoms with Gasteiger partial charge in [-0.15, -0.1) is 0 Å². The van der Waals surface area contributed by atoms with E-state index in [4.69, 9.17) is 10.5 Å². The lowest BCUT2D eigenvalue weighted by Gasteiger charge is -2.36. The van der Waals surface area contributed by atoms with Gasteiger partial charge in [0.15, 0.2) is 0 Å². The van der Waals surface area contributed by atoms with Crippen LogP contribution in [0.15, 0.2) is 24.3 Å². The number of methoxy groups -OCH3 is 1. The molecule has 0 aromatic heterocycles. The highest BCUT2D eigenvalue weighted by Gasteiger charge is 2.34. The van der Waals surface area contributed by atoms with Gasteiger partial charge < -0.3 is 15.4 Å². The maximum absolute atomic E-state index is 5.79. The molecule has 1 atom stereocenters. The van der Waals surface area contributed by atoms with Crippen LogP contribution in [0.3, 0.4) is 0 Å². The first kappa shape index (κ1) is 13.9. The molecule has 2 aliphatic rings. The molecule has 1 heterocycles. The lowest BCUT2D eigenvalue weighted by Crippen LogP contribution is -2.39. The molecular weight excluding hydrogens is 248 g/mol. The SMILES string of the molecule is COC1CCC(N2CC(CCN)c3ccccc32)CC1. The van der Waals surface area contributed by atoms with Crippen molar-refractivity contribution in [2.75, 3.05) is 25.1 Å². The van der Waals surface area contributed by atoms with Crippen molar-refractivity contribution in [3.63, 3.8) is 0 Å². The first-order valence-electron chi connectivity index (χ1n) is 7.92. The summed E-state index contributed by atoms with van der Waals surface area (Å²) in [5.74, 6) is 0.622. The zero-order valence-corrected chi connectivity index (χ0v) is 12.4. The Morgan fingerprint density at radius 2 is 1.95 bits per heavy atom. The zero-order chi connectivity index (χ0) is 13.9. The number of anilines is 1. The van der Waals surface area contributed by atoms with E-state index in [0.29, 0.717) is 18.1 Å². The van der Waals surface area contributed by atoms with Gasteiger partial charge in [0.25, 0.3) is 0 Å².